The van der Waals surface area contributed by atoms with Crippen molar-refractivity contribution in [2.45, 2.75) is 26.8 Å². The minimum atomic E-state index is -0.392. The molecule has 0 aliphatic carbocycles. The molecule has 1 aromatic carbocycles. The van der Waals surface area contributed by atoms with Crippen LogP contribution in [-0.2, 0) is 4.74 Å². The maximum absolute atomic E-state index is 11.8. The van der Waals surface area contributed by atoms with E-state index in [1.807, 2.05) is 31.3 Å². The minimum absolute atomic E-state index is 0.262. The number of nitriles is 1. The zero-order valence-electron chi connectivity index (χ0n) is 14.7. The van der Waals surface area contributed by atoms with E-state index in [0.717, 1.165) is 22.2 Å². The zero-order valence-corrected chi connectivity index (χ0v) is 14.7. The lowest BCUT2D eigenvalue weighted by Gasteiger charge is -2.10. The molecule has 0 unspecified atom stereocenters. The predicted molar refractivity (Wildman–Crippen MR) is 96.3 cm³/mol. The van der Waals surface area contributed by atoms with E-state index in [1.165, 1.54) is 7.11 Å². The number of aryl methyl sites for hydroxylation is 1. The van der Waals surface area contributed by atoms with E-state index in [1.54, 1.807) is 12.1 Å². The highest BCUT2D eigenvalue weighted by Crippen LogP contribution is 2.29. The Morgan fingerprint density at radius 2 is 2.04 bits per heavy atom. The van der Waals surface area contributed by atoms with Crippen LogP contribution in [0.1, 0.15) is 41.5 Å². The Labute approximate surface area is 146 Å². The second kappa shape index (κ2) is 6.40. The van der Waals surface area contributed by atoms with Crippen LogP contribution in [0.4, 0.5) is 0 Å². The minimum Gasteiger partial charge on any atom is -0.465 e. The highest BCUT2D eigenvalue weighted by molar-refractivity contribution is 5.93. The van der Waals surface area contributed by atoms with E-state index >= 15 is 0 Å². The molecular weight excluding hydrogens is 314 g/mol. The van der Waals surface area contributed by atoms with Crippen LogP contribution in [0.3, 0.4) is 0 Å². The summed E-state index contributed by atoms with van der Waals surface area (Å²) in [4.78, 5) is 16.4. The van der Waals surface area contributed by atoms with Crippen LogP contribution in [0, 0.1) is 18.3 Å². The lowest BCUT2D eigenvalue weighted by molar-refractivity contribution is 0.0600. The average Bonchev–Trinajstić information content (AvgIpc) is 2.98. The van der Waals surface area contributed by atoms with Gasteiger partial charge in [-0.1, -0.05) is 6.07 Å². The van der Waals surface area contributed by atoms with Gasteiger partial charge in [-0.25, -0.2) is 4.79 Å². The molecule has 3 aromatic rings. The number of rotatable bonds is 3. The summed E-state index contributed by atoms with van der Waals surface area (Å²) in [6, 6.07) is 11.8. The van der Waals surface area contributed by atoms with Crippen molar-refractivity contribution < 1.29 is 9.53 Å². The Morgan fingerprint density at radius 1 is 1.28 bits per heavy atom. The normalized spacial score (nSPS) is 10.9. The number of pyridine rings is 1. The number of ether oxygens (including phenoxy) is 1. The lowest BCUT2D eigenvalue weighted by atomic mass is 10.0. The highest BCUT2D eigenvalue weighted by atomic mass is 16.5. The van der Waals surface area contributed by atoms with Gasteiger partial charge < -0.3 is 9.30 Å². The van der Waals surface area contributed by atoms with Gasteiger partial charge in [0.15, 0.2) is 0 Å². The number of hydrogen-bond donors (Lipinski definition) is 0. The molecule has 0 aliphatic heterocycles. The molecule has 0 fully saturated rings. The van der Waals surface area contributed by atoms with Crippen molar-refractivity contribution in [3.63, 3.8) is 0 Å². The van der Waals surface area contributed by atoms with E-state index < -0.39 is 5.97 Å². The quantitative estimate of drug-likeness (QED) is 0.672. The van der Waals surface area contributed by atoms with Gasteiger partial charge in [-0.3, -0.25) is 4.98 Å². The Hall–Kier alpha value is -3.13. The summed E-state index contributed by atoms with van der Waals surface area (Å²) in [6.07, 6.45) is 1.88. The van der Waals surface area contributed by atoms with Crippen LogP contribution in [0.25, 0.3) is 22.2 Å². The molecule has 0 radical (unpaired) electrons. The van der Waals surface area contributed by atoms with Crippen molar-refractivity contribution in [3.8, 4) is 17.3 Å². The standard InChI is InChI=1S/C20H19N3O2/c1-12(2)23-11-16(10-21)17-8-14(5-6-19(17)23)18-9-15(20(24)25-4)7-13(3)22-18/h5-9,11-12H,1-4H3. The molecule has 0 saturated carbocycles. The van der Waals surface area contributed by atoms with Gasteiger partial charge in [0.25, 0.3) is 0 Å². The van der Waals surface area contributed by atoms with Crippen LogP contribution in [-0.4, -0.2) is 22.6 Å². The summed E-state index contributed by atoms with van der Waals surface area (Å²) in [5.74, 6) is -0.392. The largest absolute Gasteiger partial charge is 0.465 e. The smallest absolute Gasteiger partial charge is 0.337 e. The summed E-state index contributed by atoms with van der Waals surface area (Å²) in [5.41, 5.74) is 4.38. The molecule has 25 heavy (non-hydrogen) atoms. The number of fused-ring (bicyclic) bond motifs is 1. The van der Waals surface area contributed by atoms with Gasteiger partial charge in [0.1, 0.15) is 6.07 Å². The van der Waals surface area contributed by atoms with Gasteiger partial charge >= 0.3 is 5.97 Å². The molecule has 0 amide bonds. The van der Waals surface area contributed by atoms with Gasteiger partial charge in [-0.2, -0.15) is 5.26 Å². The Balaban J connectivity index is 2.19. The summed E-state index contributed by atoms with van der Waals surface area (Å²) < 4.78 is 6.89. The third-order valence-electron chi connectivity index (χ3n) is 4.18. The van der Waals surface area contributed by atoms with E-state index in [9.17, 15) is 10.1 Å². The highest BCUT2D eigenvalue weighted by Gasteiger charge is 2.14. The Kier molecular flexibility index (Phi) is 4.28. The molecule has 5 heteroatoms. The number of aromatic nitrogens is 2. The summed E-state index contributed by atoms with van der Waals surface area (Å²) in [7, 11) is 1.36. The molecule has 0 aliphatic rings. The fourth-order valence-electron chi connectivity index (χ4n) is 2.98. The molecule has 0 N–H and O–H groups in total. The third kappa shape index (κ3) is 2.99. The van der Waals surface area contributed by atoms with Crippen LogP contribution in [0.2, 0.25) is 0 Å². The average molecular weight is 333 g/mol. The second-order valence-corrected chi connectivity index (χ2v) is 6.26. The number of esters is 1. The van der Waals surface area contributed by atoms with Crippen LogP contribution >= 0.6 is 0 Å². The first-order valence-electron chi connectivity index (χ1n) is 8.06. The summed E-state index contributed by atoms with van der Waals surface area (Å²) in [5, 5.41) is 10.3. The fraction of sp³-hybridized carbons (Fsp3) is 0.250. The van der Waals surface area contributed by atoms with Gasteiger partial charge in [-0.15, -0.1) is 0 Å². The number of methoxy groups -OCH3 is 1. The van der Waals surface area contributed by atoms with E-state index in [-0.39, 0.29) is 6.04 Å². The van der Waals surface area contributed by atoms with Crippen molar-refractivity contribution in [1.82, 2.24) is 9.55 Å². The summed E-state index contributed by atoms with van der Waals surface area (Å²) >= 11 is 0. The predicted octanol–water partition coefficient (Wildman–Crippen LogP) is 4.25. The third-order valence-corrected chi connectivity index (χ3v) is 4.18. The Morgan fingerprint density at radius 3 is 2.68 bits per heavy atom. The van der Waals surface area contributed by atoms with Crippen LogP contribution in [0.5, 0.6) is 0 Å². The first-order valence-corrected chi connectivity index (χ1v) is 8.06. The van der Waals surface area contributed by atoms with Gasteiger partial charge in [0.05, 0.1) is 23.9 Å². The molecule has 2 aromatic heterocycles. The maximum Gasteiger partial charge on any atom is 0.337 e. The number of benzene rings is 1. The number of carbonyl (C=O) groups is 1. The number of nitrogens with zero attached hydrogens (tertiary/aromatic N) is 3. The van der Waals surface area contributed by atoms with E-state index in [4.69, 9.17) is 4.74 Å². The van der Waals surface area contributed by atoms with Crippen molar-refractivity contribution >= 4 is 16.9 Å². The van der Waals surface area contributed by atoms with Crippen molar-refractivity contribution in [2.75, 3.05) is 7.11 Å². The molecule has 0 spiro atoms. The van der Waals surface area contributed by atoms with Gasteiger partial charge in [0, 0.05) is 34.4 Å². The zero-order chi connectivity index (χ0) is 18.1. The van der Waals surface area contributed by atoms with Crippen molar-refractivity contribution in [1.29, 1.82) is 5.26 Å². The van der Waals surface area contributed by atoms with Gasteiger partial charge in [0.2, 0.25) is 0 Å². The van der Waals surface area contributed by atoms with E-state index in [0.29, 0.717) is 16.8 Å². The molecule has 0 saturated heterocycles. The number of hydrogen-bond acceptors (Lipinski definition) is 4. The molecule has 126 valence electrons. The molecule has 2 heterocycles. The van der Waals surface area contributed by atoms with E-state index in [2.05, 4.69) is 29.5 Å². The van der Waals surface area contributed by atoms with Crippen LogP contribution < -0.4 is 0 Å². The SMILES string of the molecule is COC(=O)c1cc(C)nc(-c2ccc3c(c2)c(C#N)cn3C(C)C)c1. The monoisotopic (exact) mass is 333 g/mol. The summed E-state index contributed by atoms with van der Waals surface area (Å²) in [6.45, 7) is 6.00. The van der Waals surface area contributed by atoms with Crippen molar-refractivity contribution in [3.05, 3.63) is 53.3 Å². The molecular formula is C20H19N3O2. The van der Waals surface area contributed by atoms with Crippen molar-refractivity contribution in [2.24, 2.45) is 0 Å². The molecule has 0 bridgehead atoms. The lowest BCUT2D eigenvalue weighted by Crippen LogP contribution is -2.03. The molecule has 3 rings (SSSR count). The number of carbonyl (C=O) groups excluding carboxylic acids is 1. The topological polar surface area (TPSA) is 67.9 Å². The Bertz CT molecular complexity index is 1010. The maximum atomic E-state index is 11.8. The first-order chi connectivity index (χ1) is 11.9. The van der Waals surface area contributed by atoms with Crippen LogP contribution in [0.15, 0.2) is 36.5 Å². The fourth-order valence-corrected chi connectivity index (χ4v) is 2.98. The molecule has 5 nitrogen and oxygen atoms in total. The first kappa shape index (κ1) is 16.7. The second-order valence-electron chi connectivity index (χ2n) is 6.26. The van der Waals surface area contributed by atoms with Gasteiger partial charge in [-0.05, 0) is 45.0 Å². The molecule has 0 atom stereocenters.